The standard InChI is InChI=1S/C30H26FN7O/c31-20-15-19(16-21(17-20)39-14-13-38-11-3-4-12-38)22-8-10-33-30-23(22)18-27(35-30)29-28-26(36-37-29)7-6-25(34-28)24-5-1-2-9-32-24/h1-2,5-10,15-18H,3-4,11-14H2,(H,33,35)(H,36,37). The molecule has 0 amide bonds. The first-order valence-corrected chi connectivity index (χ1v) is 13.1. The van der Waals surface area contributed by atoms with Gasteiger partial charge in [-0.2, -0.15) is 5.10 Å². The van der Waals surface area contributed by atoms with Crippen LogP contribution in [-0.4, -0.2) is 61.3 Å². The highest BCUT2D eigenvalue weighted by Crippen LogP contribution is 2.35. The number of halogens is 1. The van der Waals surface area contributed by atoms with Crippen LogP contribution in [-0.2, 0) is 0 Å². The molecule has 0 spiro atoms. The van der Waals surface area contributed by atoms with Crippen molar-refractivity contribution in [1.82, 2.24) is 35.0 Å². The number of ether oxygens (including phenoxy) is 1. The second-order valence-electron chi connectivity index (χ2n) is 9.76. The monoisotopic (exact) mass is 519 g/mol. The van der Waals surface area contributed by atoms with Crippen molar-refractivity contribution >= 4 is 22.1 Å². The van der Waals surface area contributed by atoms with Crippen molar-refractivity contribution < 1.29 is 9.13 Å². The minimum absolute atomic E-state index is 0.339. The van der Waals surface area contributed by atoms with Gasteiger partial charge in [0.15, 0.2) is 0 Å². The van der Waals surface area contributed by atoms with Gasteiger partial charge in [-0.25, -0.2) is 14.4 Å². The number of fused-ring (bicyclic) bond motifs is 2. The molecule has 39 heavy (non-hydrogen) atoms. The molecule has 0 aliphatic carbocycles. The van der Waals surface area contributed by atoms with E-state index in [9.17, 15) is 4.39 Å². The molecule has 0 radical (unpaired) electrons. The Kier molecular flexibility index (Phi) is 5.97. The lowest BCUT2D eigenvalue weighted by Gasteiger charge is -2.15. The SMILES string of the molecule is Fc1cc(OCCN2CCCC2)cc(-c2ccnc3[nH]c(-c4n[nH]c5ccc(-c6ccccn6)nc45)cc23)c1. The lowest BCUT2D eigenvalue weighted by molar-refractivity contribution is 0.237. The molecule has 8 nitrogen and oxygen atoms in total. The summed E-state index contributed by atoms with van der Waals surface area (Å²) in [6.07, 6.45) is 5.93. The fourth-order valence-electron chi connectivity index (χ4n) is 5.25. The van der Waals surface area contributed by atoms with E-state index in [1.807, 2.05) is 48.5 Å². The number of pyridine rings is 3. The molecule has 0 unspecified atom stereocenters. The molecule has 1 aromatic carbocycles. The second kappa shape index (κ2) is 9.92. The van der Waals surface area contributed by atoms with Crippen molar-refractivity contribution in [2.24, 2.45) is 0 Å². The zero-order valence-corrected chi connectivity index (χ0v) is 21.2. The molecule has 0 atom stereocenters. The van der Waals surface area contributed by atoms with Gasteiger partial charge >= 0.3 is 0 Å². The number of nitrogens with zero attached hydrogens (tertiary/aromatic N) is 5. The molecule has 1 aliphatic rings. The highest BCUT2D eigenvalue weighted by molar-refractivity contribution is 5.99. The Morgan fingerprint density at radius 3 is 2.72 bits per heavy atom. The van der Waals surface area contributed by atoms with Gasteiger partial charge in [0.1, 0.15) is 35.0 Å². The zero-order valence-electron chi connectivity index (χ0n) is 21.2. The molecule has 6 heterocycles. The third-order valence-electron chi connectivity index (χ3n) is 7.18. The van der Waals surface area contributed by atoms with Crippen molar-refractivity contribution in [2.45, 2.75) is 12.8 Å². The highest BCUT2D eigenvalue weighted by atomic mass is 19.1. The number of rotatable bonds is 7. The van der Waals surface area contributed by atoms with Crippen LogP contribution in [0.3, 0.4) is 0 Å². The van der Waals surface area contributed by atoms with E-state index >= 15 is 0 Å². The fraction of sp³-hybridized carbons (Fsp3) is 0.200. The van der Waals surface area contributed by atoms with E-state index in [0.29, 0.717) is 23.7 Å². The topological polar surface area (TPSA) is 95.6 Å². The van der Waals surface area contributed by atoms with Crippen LogP contribution in [0.1, 0.15) is 12.8 Å². The van der Waals surface area contributed by atoms with E-state index < -0.39 is 0 Å². The average Bonchev–Trinajstić information content (AvgIpc) is 3.72. The summed E-state index contributed by atoms with van der Waals surface area (Å²) in [7, 11) is 0. The summed E-state index contributed by atoms with van der Waals surface area (Å²) in [5.41, 5.74) is 6.80. The van der Waals surface area contributed by atoms with Gasteiger partial charge in [-0.1, -0.05) is 6.07 Å². The lowest BCUT2D eigenvalue weighted by Crippen LogP contribution is -2.25. The third kappa shape index (κ3) is 4.61. The van der Waals surface area contributed by atoms with E-state index in [0.717, 1.165) is 64.3 Å². The van der Waals surface area contributed by atoms with E-state index in [-0.39, 0.29) is 5.82 Å². The Balaban J connectivity index is 1.23. The molecule has 6 aromatic rings. The largest absolute Gasteiger partial charge is 0.492 e. The summed E-state index contributed by atoms with van der Waals surface area (Å²) < 4.78 is 20.6. The molecule has 0 saturated carbocycles. The molecule has 5 aromatic heterocycles. The third-order valence-corrected chi connectivity index (χ3v) is 7.18. The van der Waals surface area contributed by atoms with Crippen LogP contribution in [0.5, 0.6) is 5.75 Å². The van der Waals surface area contributed by atoms with Gasteiger partial charge in [0.2, 0.25) is 0 Å². The Morgan fingerprint density at radius 1 is 0.923 bits per heavy atom. The maximum Gasteiger partial charge on any atom is 0.138 e. The summed E-state index contributed by atoms with van der Waals surface area (Å²) in [6.45, 7) is 3.59. The van der Waals surface area contributed by atoms with Gasteiger partial charge < -0.3 is 9.72 Å². The molecule has 2 N–H and O–H groups in total. The number of aromatic amines is 2. The first kappa shape index (κ1) is 23.5. The Morgan fingerprint density at radius 2 is 1.85 bits per heavy atom. The predicted molar refractivity (Wildman–Crippen MR) is 149 cm³/mol. The summed E-state index contributed by atoms with van der Waals surface area (Å²) in [5, 5.41) is 8.47. The maximum absolute atomic E-state index is 14.7. The van der Waals surface area contributed by atoms with Gasteiger partial charge in [0, 0.05) is 30.4 Å². The summed E-state index contributed by atoms with van der Waals surface area (Å²) in [4.78, 5) is 19.5. The van der Waals surface area contributed by atoms with Gasteiger partial charge in [0.05, 0.1) is 22.6 Å². The van der Waals surface area contributed by atoms with E-state index in [1.165, 1.54) is 25.0 Å². The number of benzene rings is 1. The van der Waals surface area contributed by atoms with E-state index in [2.05, 4.69) is 30.0 Å². The van der Waals surface area contributed by atoms with Gasteiger partial charge in [0.25, 0.3) is 0 Å². The molecular formula is C30H26FN7O. The normalized spacial score (nSPS) is 14.0. The van der Waals surface area contributed by atoms with Gasteiger partial charge in [-0.05, 0) is 85.6 Å². The van der Waals surface area contributed by atoms with Crippen LogP contribution in [0.4, 0.5) is 4.39 Å². The van der Waals surface area contributed by atoms with Crippen LogP contribution in [0, 0.1) is 5.82 Å². The van der Waals surface area contributed by atoms with E-state index in [4.69, 9.17) is 9.72 Å². The van der Waals surface area contributed by atoms with Gasteiger partial charge in [-0.3, -0.25) is 15.0 Å². The van der Waals surface area contributed by atoms with Crippen molar-refractivity contribution in [3.63, 3.8) is 0 Å². The first-order valence-electron chi connectivity index (χ1n) is 13.1. The Labute approximate surface area is 223 Å². The molecule has 1 fully saturated rings. The zero-order chi connectivity index (χ0) is 26.2. The molecule has 7 rings (SSSR count). The number of aromatic nitrogens is 6. The van der Waals surface area contributed by atoms with Crippen molar-refractivity contribution in [1.29, 1.82) is 0 Å². The highest BCUT2D eigenvalue weighted by Gasteiger charge is 2.17. The minimum Gasteiger partial charge on any atom is -0.492 e. The van der Waals surface area contributed by atoms with Crippen molar-refractivity contribution in [3.05, 3.63) is 78.9 Å². The minimum atomic E-state index is -0.339. The quantitative estimate of drug-likeness (QED) is 0.275. The lowest BCUT2D eigenvalue weighted by atomic mass is 10.0. The molecule has 9 heteroatoms. The number of nitrogens with one attached hydrogen (secondary N) is 2. The van der Waals surface area contributed by atoms with Crippen LogP contribution >= 0.6 is 0 Å². The Bertz CT molecular complexity index is 1770. The van der Waals surface area contributed by atoms with E-state index in [1.54, 1.807) is 12.4 Å². The first-order chi connectivity index (χ1) is 19.2. The van der Waals surface area contributed by atoms with Crippen molar-refractivity contribution in [3.8, 4) is 39.7 Å². The number of likely N-dealkylation sites (tertiary alicyclic amines) is 1. The molecule has 1 saturated heterocycles. The summed E-state index contributed by atoms with van der Waals surface area (Å²) in [5.74, 6) is 0.184. The summed E-state index contributed by atoms with van der Waals surface area (Å²) >= 11 is 0. The number of hydrogen-bond donors (Lipinski definition) is 2. The number of H-pyrrole nitrogens is 2. The van der Waals surface area contributed by atoms with Crippen molar-refractivity contribution in [2.75, 3.05) is 26.2 Å². The van der Waals surface area contributed by atoms with Crippen LogP contribution in [0.15, 0.2) is 73.1 Å². The average molecular weight is 520 g/mol. The maximum atomic E-state index is 14.7. The van der Waals surface area contributed by atoms with Gasteiger partial charge in [-0.15, -0.1) is 0 Å². The number of hydrogen-bond acceptors (Lipinski definition) is 6. The second-order valence-corrected chi connectivity index (χ2v) is 9.76. The molecule has 0 bridgehead atoms. The molecule has 1 aliphatic heterocycles. The molecule has 194 valence electrons. The van der Waals surface area contributed by atoms with Crippen LogP contribution < -0.4 is 4.74 Å². The predicted octanol–water partition coefficient (Wildman–Crippen LogP) is 5.84. The smallest absolute Gasteiger partial charge is 0.138 e. The van der Waals surface area contributed by atoms with Crippen LogP contribution in [0.2, 0.25) is 0 Å². The summed E-state index contributed by atoms with van der Waals surface area (Å²) in [6, 6.07) is 18.3. The van der Waals surface area contributed by atoms with Crippen LogP contribution in [0.25, 0.3) is 56.0 Å². The Hall–Kier alpha value is -4.63. The fourth-order valence-corrected chi connectivity index (χ4v) is 5.25. The molecular weight excluding hydrogens is 493 g/mol.